The maximum Gasteiger partial charge on any atom is 0.280 e. The van der Waals surface area contributed by atoms with Gasteiger partial charge in [-0.2, -0.15) is 0 Å². The smallest absolute Gasteiger partial charge is 0.280 e. The van der Waals surface area contributed by atoms with Crippen LogP contribution in [-0.2, 0) is 4.79 Å². The minimum atomic E-state index is -0.419. The minimum absolute atomic E-state index is 0.0500. The van der Waals surface area contributed by atoms with Gasteiger partial charge in [0, 0.05) is 5.56 Å². The molecular formula is C10H4ClFN2O2. The van der Waals surface area contributed by atoms with Crippen molar-refractivity contribution in [3.05, 3.63) is 35.1 Å². The number of benzene rings is 1. The minimum Gasteiger partial charge on any atom is -0.333 e. The summed E-state index contributed by atoms with van der Waals surface area (Å²) in [4.78, 5) is 13.2. The van der Waals surface area contributed by atoms with Gasteiger partial charge < -0.3 is 4.52 Å². The second-order valence-electron chi connectivity index (χ2n) is 2.86. The van der Waals surface area contributed by atoms with Crippen molar-refractivity contribution < 1.29 is 13.7 Å². The molecule has 4 nitrogen and oxygen atoms in total. The highest BCUT2D eigenvalue weighted by atomic mass is 35.5. The fraction of sp³-hybridized carbons (Fsp3) is 0. The van der Waals surface area contributed by atoms with Gasteiger partial charge in [0.05, 0.1) is 0 Å². The molecule has 1 aromatic carbocycles. The normalized spacial score (nSPS) is 9.88. The second-order valence-corrected chi connectivity index (χ2v) is 3.24. The number of hydrogen-bond acceptors (Lipinski definition) is 4. The van der Waals surface area contributed by atoms with Crippen molar-refractivity contribution in [2.24, 2.45) is 4.99 Å². The SMILES string of the molecule is O=C=Nc1onc(-c2cccc(F)c2)c1Cl. The third-order valence-corrected chi connectivity index (χ3v) is 2.20. The molecule has 2 rings (SSSR count). The van der Waals surface area contributed by atoms with Crippen LogP contribution in [-0.4, -0.2) is 11.2 Å². The average Bonchev–Trinajstić information content (AvgIpc) is 2.61. The summed E-state index contributed by atoms with van der Waals surface area (Å²) in [6, 6.07) is 5.67. The summed E-state index contributed by atoms with van der Waals surface area (Å²) in [7, 11) is 0. The van der Waals surface area contributed by atoms with Gasteiger partial charge >= 0.3 is 0 Å². The molecule has 0 unspecified atom stereocenters. The standard InChI is InChI=1S/C10H4ClFN2O2/c11-8-9(14-16-10(8)13-5-15)6-2-1-3-7(12)4-6/h1-4H. The van der Waals surface area contributed by atoms with Gasteiger partial charge in [0.2, 0.25) is 6.08 Å². The van der Waals surface area contributed by atoms with Crippen LogP contribution in [0.5, 0.6) is 0 Å². The molecule has 0 N–H and O–H groups in total. The summed E-state index contributed by atoms with van der Waals surface area (Å²) in [5.41, 5.74) is 0.677. The molecule has 1 heterocycles. The first kappa shape index (κ1) is 10.5. The van der Waals surface area contributed by atoms with E-state index < -0.39 is 5.82 Å². The van der Waals surface area contributed by atoms with Crippen molar-refractivity contribution in [2.45, 2.75) is 0 Å². The highest BCUT2D eigenvalue weighted by Crippen LogP contribution is 2.34. The van der Waals surface area contributed by atoms with Crippen LogP contribution in [0.4, 0.5) is 10.3 Å². The second kappa shape index (κ2) is 4.26. The molecule has 0 radical (unpaired) electrons. The zero-order chi connectivity index (χ0) is 11.5. The summed E-state index contributed by atoms with van der Waals surface area (Å²) < 4.78 is 17.6. The first-order chi connectivity index (χ1) is 7.72. The van der Waals surface area contributed by atoms with E-state index in [1.807, 2.05) is 0 Å². The highest BCUT2D eigenvalue weighted by Gasteiger charge is 2.15. The largest absolute Gasteiger partial charge is 0.333 e. The molecule has 6 heteroatoms. The molecule has 0 saturated carbocycles. The van der Waals surface area contributed by atoms with Crippen LogP contribution < -0.4 is 0 Å². The Morgan fingerprint density at radius 1 is 1.50 bits per heavy atom. The van der Waals surface area contributed by atoms with E-state index in [2.05, 4.69) is 10.1 Å². The van der Waals surface area contributed by atoms with Gasteiger partial charge in [-0.1, -0.05) is 28.9 Å². The number of aliphatic imine (C=N–C) groups is 1. The molecule has 0 bridgehead atoms. The van der Waals surface area contributed by atoms with Crippen molar-refractivity contribution in [1.82, 2.24) is 5.16 Å². The first-order valence-electron chi connectivity index (χ1n) is 4.21. The van der Waals surface area contributed by atoms with Crippen LogP contribution in [0, 0.1) is 5.82 Å². The maximum atomic E-state index is 13.0. The van der Waals surface area contributed by atoms with Crippen LogP contribution in [0.1, 0.15) is 0 Å². The van der Waals surface area contributed by atoms with Gasteiger partial charge in [0.1, 0.15) is 16.5 Å². The molecule has 0 fully saturated rings. The third-order valence-electron chi connectivity index (χ3n) is 1.86. The van der Waals surface area contributed by atoms with E-state index in [1.165, 1.54) is 24.3 Å². The van der Waals surface area contributed by atoms with Crippen molar-refractivity contribution in [3.8, 4) is 11.3 Å². The van der Waals surface area contributed by atoms with Crippen LogP contribution in [0.2, 0.25) is 5.02 Å². The van der Waals surface area contributed by atoms with Crippen molar-refractivity contribution in [2.75, 3.05) is 0 Å². The van der Waals surface area contributed by atoms with Gasteiger partial charge in [0.15, 0.2) is 0 Å². The third kappa shape index (κ3) is 1.86. The lowest BCUT2D eigenvalue weighted by Crippen LogP contribution is -1.79. The Labute approximate surface area is 94.3 Å². The summed E-state index contributed by atoms with van der Waals surface area (Å²) >= 11 is 5.84. The lowest BCUT2D eigenvalue weighted by molar-refractivity contribution is 0.432. The Hall–Kier alpha value is -1.97. The molecule has 0 amide bonds. The Kier molecular flexibility index (Phi) is 2.81. The molecule has 0 spiro atoms. The predicted octanol–water partition coefficient (Wildman–Crippen LogP) is 3.10. The molecule has 2 aromatic rings. The number of carbonyl (C=O) groups excluding carboxylic acids is 1. The number of rotatable bonds is 2. The number of nitrogens with zero attached hydrogens (tertiary/aromatic N) is 2. The highest BCUT2D eigenvalue weighted by molar-refractivity contribution is 6.35. The Balaban J connectivity index is 2.53. The predicted molar refractivity (Wildman–Crippen MR) is 54.7 cm³/mol. The summed E-state index contributed by atoms with van der Waals surface area (Å²) in [6.07, 6.45) is 1.28. The monoisotopic (exact) mass is 238 g/mol. The molecule has 0 aliphatic heterocycles. The molecule has 16 heavy (non-hydrogen) atoms. The maximum absolute atomic E-state index is 13.0. The number of hydrogen-bond donors (Lipinski definition) is 0. The molecule has 1 aromatic heterocycles. The fourth-order valence-corrected chi connectivity index (χ4v) is 1.42. The van der Waals surface area contributed by atoms with Crippen LogP contribution in [0.15, 0.2) is 33.8 Å². The van der Waals surface area contributed by atoms with Crippen LogP contribution in [0.3, 0.4) is 0 Å². The van der Waals surface area contributed by atoms with E-state index in [4.69, 9.17) is 16.1 Å². The van der Waals surface area contributed by atoms with Crippen molar-refractivity contribution in [1.29, 1.82) is 0 Å². The van der Waals surface area contributed by atoms with E-state index >= 15 is 0 Å². The lowest BCUT2D eigenvalue weighted by Gasteiger charge is -1.95. The Bertz CT molecular complexity index is 576. The zero-order valence-electron chi connectivity index (χ0n) is 7.78. The first-order valence-corrected chi connectivity index (χ1v) is 4.59. The number of isocyanates is 1. The summed E-state index contributed by atoms with van der Waals surface area (Å²) in [5, 5.41) is 3.65. The van der Waals surface area contributed by atoms with Gasteiger partial charge in [-0.3, -0.25) is 0 Å². The van der Waals surface area contributed by atoms with E-state index in [-0.39, 0.29) is 16.6 Å². The topological polar surface area (TPSA) is 55.5 Å². The van der Waals surface area contributed by atoms with E-state index in [1.54, 1.807) is 6.07 Å². The molecule has 0 saturated heterocycles. The van der Waals surface area contributed by atoms with Gasteiger partial charge in [-0.25, -0.2) is 9.18 Å². The van der Waals surface area contributed by atoms with E-state index in [0.717, 1.165) is 0 Å². The van der Waals surface area contributed by atoms with Gasteiger partial charge in [-0.15, -0.1) is 4.99 Å². The average molecular weight is 239 g/mol. The summed E-state index contributed by atoms with van der Waals surface area (Å²) in [5.74, 6) is -0.562. The van der Waals surface area contributed by atoms with E-state index in [0.29, 0.717) is 5.56 Å². The Morgan fingerprint density at radius 3 is 3.00 bits per heavy atom. The molecular weight excluding hydrogens is 235 g/mol. The zero-order valence-corrected chi connectivity index (χ0v) is 8.53. The van der Waals surface area contributed by atoms with Gasteiger partial charge in [0.25, 0.3) is 5.88 Å². The van der Waals surface area contributed by atoms with Crippen molar-refractivity contribution >= 4 is 23.6 Å². The van der Waals surface area contributed by atoms with Gasteiger partial charge in [-0.05, 0) is 12.1 Å². The quantitative estimate of drug-likeness (QED) is 0.597. The van der Waals surface area contributed by atoms with Crippen LogP contribution >= 0.6 is 11.6 Å². The van der Waals surface area contributed by atoms with Crippen LogP contribution in [0.25, 0.3) is 11.3 Å². The number of aromatic nitrogens is 1. The molecule has 0 aliphatic carbocycles. The summed E-state index contributed by atoms with van der Waals surface area (Å²) in [6.45, 7) is 0. The molecule has 0 atom stereocenters. The van der Waals surface area contributed by atoms with Crippen molar-refractivity contribution in [3.63, 3.8) is 0 Å². The molecule has 80 valence electrons. The molecule has 0 aliphatic rings. The Morgan fingerprint density at radius 2 is 2.31 bits per heavy atom. The number of halogens is 2. The lowest BCUT2D eigenvalue weighted by atomic mass is 10.1. The fourth-order valence-electron chi connectivity index (χ4n) is 1.20. The van der Waals surface area contributed by atoms with E-state index in [9.17, 15) is 9.18 Å².